The van der Waals surface area contributed by atoms with Gasteiger partial charge in [-0.15, -0.1) is 11.8 Å². The number of carbonyl (C=O) groups is 1. The zero-order valence-corrected chi connectivity index (χ0v) is 14.5. The third kappa shape index (κ3) is 7.92. The SMILES string of the molecule is C[C@H](SCc1ccccc1)C(=O)NNC(=S)NC(C)(C)C. The molecule has 1 aromatic carbocycles. The molecule has 0 fully saturated rings. The van der Waals surface area contributed by atoms with Crippen molar-refractivity contribution in [2.24, 2.45) is 0 Å². The lowest BCUT2D eigenvalue weighted by atomic mass is 10.1. The second kappa shape index (κ2) is 8.24. The van der Waals surface area contributed by atoms with Gasteiger partial charge in [0, 0.05) is 11.3 Å². The van der Waals surface area contributed by atoms with Crippen LogP contribution in [0.1, 0.15) is 33.3 Å². The Morgan fingerprint density at radius 2 is 1.86 bits per heavy atom. The van der Waals surface area contributed by atoms with Crippen LogP contribution in [0, 0.1) is 0 Å². The summed E-state index contributed by atoms with van der Waals surface area (Å²) < 4.78 is 0. The molecule has 1 aromatic rings. The highest BCUT2D eigenvalue weighted by Crippen LogP contribution is 2.17. The van der Waals surface area contributed by atoms with Gasteiger partial charge in [0.05, 0.1) is 5.25 Å². The first-order chi connectivity index (χ1) is 9.78. The Bertz CT molecular complexity index is 472. The lowest BCUT2D eigenvalue weighted by Crippen LogP contribution is -2.53. The van der Waals surface area contributed by atoms with Gasteiger partial charge in [-0.2, -0.15) is 0 Å². The molecule has 1 rings (SSSR count). The summed E-state index contributed by atoms with van der Waals surface area (Å²) in [6, 6.07) is 10.1. The van der Waals surface area contributed by atoms with E-state index in [0.29, 0.717) is 5.11 Å². The zero-order chi connectivity index (χ0) is 15.9. The smallest absolute Gasteiger partial charge is 0.251 e. The number of carbonyl (C=O) groups excluding carboxylic acids is 1. The number of hydrogen-bond acceptors (Lipinski definition) is 3. The molecule has 4 nitrogen and oxygen atoms in total. The minimum Gasteiger partial charge on any atom is -0.357 e. The average molecular weight is 326 g/mol. The Morgan fingerprint density at radius 1 is 1.24 bits per heavy atom. The molecule has 6 heteroatoms. The molecule has 3 N–H and O–H groups in total. The molecule has 0 unspecified atom stereocenters. The van der Waals surface area contributed by atoms with Gasteiger partial charge < -0.3 is 5.32 Å². The van der Waals surface area contributed by atoms with Gasteiger partial charge in [0.25, 0.3) is 5.91 Å². The van der Waals surface area contributed by atoms with Crippen LogP contribution in [0.5, 0.6) is 0 Å². The van der Waals surface area contributed by atoms with Crippen LogP contribution in [0.15, 0.2) is 30.3 Å². The van der Waals surface area contributed by atoms with Crippen LogP contribution in [0.3, 0.4) is 0 Å². The quantitative estimate of drug-likeness (QED) is 0.587. The fourth-order valence-corrected chi connectivity index (χ4v) is 2.67. The van der Waals surface area contributed by atoms with E-state index < -0.39 is 0 Å². The monoisotopic (exact) mass is 325 g/mol. The molecule has 1 amide bonds. The second-order valence-corrected chi connectivity index (χ2v) is 7.49. The molecule has 0 saturated heterocycles. The standard InChI is InChI=1S/C15H23N3OS2/c1-11(21-10-12-8-6-5-7-9-12)13(19)17-18-14(20)16-15(2,3)4/h5-9,11H,10H2,1-4H3,(H,17,19)(H2,16,18,20)/t11-/m0/s1. The average Bonchev–Trinajstić information content (AvgIpc) is 2.41. The molecule has 21 heavy (non-hydrogen) atoms. The molecule has 116 valence electrons. The van der Waals surface area contributed by atoms with Crippen LogP contribution in [0.4, 0.5) is 0 Å². The summed E-state index contributed by atoms with van der Waals surface area (Å²) in [5.41, 5.74) is 6.43. The lowest BCUT2D eigenvalue weighted by molar-refractivity contribution is -0.120. The zero-order valence-electron chi connectivity index (χ0n) is 12.9. The summed E-state index contributed by atoms with van der Waals surface area (Å²) in [6.45, 7) is 7.88. The Hall–Kier alpha value is -1.27. The molecular formula is C15H23N3OS2. The number of hydrazine groups is 1. The summed E-state index contributed by atoms with van der Waals surface area (Å²) in [5.74, 6) is 0.717. The molecule has 0 bridgehead atoms. The largest absolute Gasteiger partial charge is 0.357 e. The van der Waals surface area contributed by atoms with Gasteiger partial charge in [-0.05, 0) is 45.5 Å². The van der Waals surface area contributed by atoms with Crippen molar-refractivity contribution in [2.45, 2.75) is 44.2 Å². The third-order valence-corrected chi connectivity index (χ3v) is 3.92. The van der Waals surface area contributed by atoms with Crippen molar-refractivity contribution in [2.75, 3.05) is 0 Å². The summed E-state index contributed by atoms with van der Waals surface area (Å²) >= 11 is 6.69. The minimum atomic E-state index is -0.157. The van der Waals surface area contributed by atoms with Crippen LogP contribution in [0.2, 0.25) is 0 Å². The van der Waals surface area contributed by atoms with Gasteiger partial charge in [-0.25, -0.2) is 0 Å². The Labute approximate surface area is 136 Å². The van der Waals surface area contributed by atoms with E-state index in [4.69, 9.17) is 12.2 Å². The van der Waals surface area contributed by atoms with Crippen molar-refractivity contribution >= 4 is 35.0 Å². The third-order valence-electron chi connectivity index (χ3n) is 2.50. The van der Waals surface area contributed by atoms with Gasteiger partial charge in [0.2, 0.25) is 0 Å². The van der Waals surface area contributed by atoms with Gasteiger partial charge in [0.1, 0.15) is 0 Å². The predicted molar refractivity (Wildman–Crippen MR) is 94.0 cm³/mol. The van der Waals surface area contributed by atoms with E-state index in [1.54, 1.807) is 11.8 Å². The summed E-state index contributed by atoms with van der Waals surface area (Å²) in [4.78, 5) is 12.0. The highest BCUT2D eigenvalue weighted by atomic mass is 32.2. The molecule has 0 radical (unpaired) electrons. The molecule has 0 heterocycles. The molecule has 0 aromatic heterocycles. The van der Waals surface area contributed by atoms with Gasteiger partial charge >= 0.3 is 0 Å². The first-order valence-corrected chi connectivity index (χ1v) is 8.27. The Morgan fingerprint density at radius 3 is 2.43 bits per heavy atom. The van der Waals surface area contributed by atoms with E-state index >= 15 is 0 Å². The summed E-state index contributed by atoms with van der Waals surface area (Å²) in [5, 5.41) is 3.33. The minimum absolute atomic E-state index is 0.0889. The van der Waals surface area contributed by atoms with E-state index in [1.165, 1.54) is 5.56 Å². The maximum absolute atomic E-state index is 12.0. The Balaban J connectivity index is 2.30. The van der Waals surface area contributed by atoms with Crippen LogP contribution in [0.25, 0.3) is 0 Å². The van der Waals surface area contributed by atoms with Crippen molar-refractivity contribution < 1.29 is 4.79 Å². The molecule has 0 saturated carbocycles. The highest BCUT2D eigenvalue weighted by molar-refractivity contribution is 7.99. The van der Waals surface area contributed by atoms with E-state index in [1.807, 2.05) is 45.9 Å². The maximum atomic E-state index is 12.0. The van der Waals surface area contributed by atoms with Gasteiger partial charge in [-0.3, -0.25) is 15.6 Å². The first-order valence-electron chi connectivity index (χ1n) is 6.81. The predicted octanol–water partition coefficient (Wildman–Crippen LogP) is 2.60. The van der Waals surface area contributed by atoms with Crippen LogP contribution < -0.4 is 16.2 Å². The van der Waals surface area contributed by atoms with Crippen LogP contribution in [-0.2, 0) is 10.5 Å². The fraction of sp³-hybridized carbons (Fsp3) is 0.467. The normalized spacial score (nSPS) is 12.4. The van der Waals surface area contributed by atoms with Crippen molar-refractivity contribution in [3.05, 3.63) is 35.9 Å². The number of benzene rings is 1. The molecule has 1 atom stereocenters. The van der Waals surface area contributed by atoms with Crippen molar-refractivity contribution in [3.63, 3.8) is 0 Å². The van der Waals surface area contributed by atoms with Crippen molar-refractivity contribution in [1.29, 1.82) is 0 Å². The van der Waals surface area contributed by atoms with E-state index in [2.05, 4.69) is 28.3 Å². The van der Waals surface area contributed by atoms with Gasteiger partial charge in [-0.1, -0.05) is 30.3 Å². The van der Waals surface area contributed by atoms with Crippen LogP contribution >= 0.6 is 24.0 Å². The van der Waals surface area contributed by atoms with E-state index in [-0.39, 0.29) is 16.7 Å². The number of thiocarbonyl (C=S) groups is 1. The van der Waals surface area contributed by atoms with E-state index in [0.717, 1.165) is 5.75 Å². The number of nitrogens with one attached hydrogen (secondary N) is 3. The van der Waals surface area contributed by atoms with Gasteiger partial charge in [0.15, 0.2) is 5.11 Å². The lowest BCUT2D eigenvalue weighted by Gasteiger charge is -2.23. The number of thioether (sulfide) groups is 1. The van der Waals surface area contributed by atoms with Crippen molar-refractivity contribution in [1.82, 2.24) is 16.2 Å². The molecule has 0 spiro atoms. The van der Waals surface area contributed by atoms with E-state index in [9.17, 15) is 4.79 Å². The highest BCUT2D eigenvalue weighted by Gasteiger charge is 2.15. The summed E-state index contributed by atoms with van der Waals surface area (Å²) in [7, 11) is 0. The summed E-state index contributed by atoms with van der Waals surface area (Å²) in [6.07, 6.45) is 0. The molecule has 0 aliphatic carbocycles. The second-order valence-electron chi connectivity index (χ2n) is 5.76. The van der Waals surface area contributed by atoms with Crippen LogP contribution in [-0.4, -0.2) is 21.8 Å². The van der Waals surface area contributed by atoms with Crippen molar-refractivity contribution in [3.8, 4) is 0 Å². The maximum Gasteiger partial charge on any atom is 0.251 e. The topological polar surface area (TPSA) is 53.2 Å². The molecule has 0 aliphatic rings. The molecule has 0 aliphatic heterocycles. The molecular weight excluding hydrogens is 302 g/mol. The number of rotatable bonds is 4. The Kier molecular flexibility index (Phi) is 6.98. The number of hydrogen-bond donors (Lipinski definition) is 3. The fourth-order valence-electron chi connectivity index (χ4n) is 1.46. The first kappa shape index (κ1) is 17.8. The number of amides is 1.